The van der Waals surface area contributed by atoms with E-state index in [4.69, 9.17) is 52.1 Å². The molecule has 5 rings (SSSR count). The number of ether oxygens (including phenoxy) is 11. The minimum Gasteiger partial charge on any atom is -0.497 e. The molecule has 2 aromatic carbocycles. The Labute approximate surface area is 328 Å². The lowest BCUT2D eigenvalue weighted by Gasteiger charge is -2.45. The molecule has 14 nitrogen and oxygen atoms in total. The van der Waals surface area contributed by atoms with Gasteiger partial charge in [-0.25, -0.2) is 0 Å². The molecule has 0 radical (unpaired) electrons. The summed E-state index contributed by atoms with van der Waals surface area (Å²) in [4.78, 5) is 24.6. The van der Waals surface area contributed by atoms with Gasteiger partial charge in [0.15, 0.2) is 18.2 Å². The van der Waals surface area contributed by atoms with Gasteiger partial charge in [0, 0.05) is 34.2 Å². The number of benzene rings is 2. The summed E-state index contributed by atoms with van der Waals surface area (Å²) in [5.41, 5.74) is 1.70. The van der Waals surface area contributed by atoms with Crippen molar-refractivity contribution in [3.8, 4) is 5.75 Å². The number of hydrogen-bond acceptors (Lipinski definition) is 14. The van der Waals surface area contributed by atoms with E-state index < -0.39 is 54.6 Å². The average Bonchev–Trinajstić information content (AvgIpc) is 3.49. The van der Waals surface area contributed by atoms with Crippen LogP contribution in [0.25, 0.3) is 0 Å². The van der Waals surface area contributed by atoms with E-state index in [-0.39, 0.29) is 43.4 Å². The van der Waals surface area contributed by atoms with Gasteiger partial charge in [0.05, 0.1) is 33.5 Å². The number of amides is 1. The summed E-state index contributed by atoms with van der Waals surface area (Å²) in [7, 11) is 3.12. The van der Waals surface area contributed by atoms with Gasteiger partial charge in [-0.2, -0.15) is 0 Å². The zero-order valence-electron chi connectivity index (χ0n) is 32.8. The van der Waals surface area contributed by atoms with Crippen molar-refractivity contribution >= 4 is 23.6 Å². The zero-order valence-corrected chi connectivity index (χ0v) is 33.7. The van der Waals surface area contributed by atoms with Crippen molar-refractivity contribution in [3.63, 3.8) is 0 Å². The van der Waals surface area contributed by atoms with E-state index in [1.165, 1.54) is 21.0 Å². The Bertz CT molecular complexity index is 1470. The fourth-order valence-corrected chi connectivity index (χ4v) is 7.94. The predicted molar refractivity (Wildman–Crippen MR) is 202 cm³/mol. The van der Waals surface area contributed by atoms with Gasteiger partial charge in [0.1, 0.15) is 53.9 Å². The lowest BCUT2D eigenvalue weighted by Crippen LogP contribution is -2.66. The second-order valence-corrected chi connectivity index (χ2v) is 15.4. The molecule has 10 atom stereocenters. The highest BCUT2D eigenvalue weighted by Gasteiger charge is 2.56. The van der Waals surface area contributed by atoms with Gasteiger partial charge in [-0.15, -0.1) is 11.8 Å². The van der Waals surface area contributed by atoms with Crippen LogP contribution in [-0.4, -0.2) is 125 Å². The topological polar surface area (TPSA) is 148 Å². The van der Waals surface area contributed by atoms with E-state index in [0.29, 0.717) is 26.2 Å². The van der Waals surface area contributed by atoms with Crippen LogP contribution in [0.1, 0.15) is 52.2 Å². The van der Waals surface area contributed by atoms with Crippen LogP contribution in [0.4, 0.5) is 0 Å². The average molecular weight is 792 g/mol. The Hall–Kier alpha value is -2.83. The van der Waals surface area contributed by atoms with Crippen molar-refractivity contribution in [3.05, 3.63) is 65.7 Å². The van der Waals surface area contributed by atoms with Crippen molar-refractivity contribution in [1.82, 2.24) is 5.32 Å². The maximum Gasteiger partial charge on any atom is 0.303 e. The first-order valence-corrected chi connectivity index (χ1v) is 19.9. The van der Waals surface area contributed by atoms with Gasteiger partial charge in [0.2, 0.25) is 5.91 Å². The molecule has 0 saturated carbocycles. The third-order valence-electron chi connectivity index (χ3n) is 9.33. The number of esters is 1. The minimum absolute atomic E-state index is 0.0965. The molecule has 0 bridgehead atoms. The number of nitrogens with one attached hydrogen (secondary N) is 1. The fraction of sp³-hybridized carbons (Fsp3) is 0.650. The number of methoxy groups -OCH3 is 2. The summed E-state index contributed by atoms with van der Waals surface area (Å²) in [5, 5.41) is 2.87. The molecule has 55 heavy (non-hydrogen) atoms. The molecular weight excluding hydrogens is 735 g/mol. The molecule has 0 aromatic heterocycles. The van der Waals surface area contributed by atoms with Crippen LogP contribution in [0, 0.1) is 0 Å². The van der Waals surface area contributed by atoms with Crippen LogP contribution in [0.2, 0.25) is 0 Å². The summed E-state index contributed by atoms with van der Waals surface area (Å²) in [5.74, 6) is -0.0478. The standard InChI is InChI=1S/C40H57NO13S/c1-8-55-39-37(49-22-28-15-17-29(44-6)18-16-28)36-34(53-40(4,5)54-36)31(52-39)23-46-19-12-20-48-35-32(41-25(2)42)38(45-7)51-30(33(35)50-26(3)43)24-47-21-27-13-10-9-11-14-27/h9-11,13-18,30-39H,8,12,19-24H2,1-7H3,(H,41,42)/t30-,31-,32-,33-,34+,35-,36+,37-,38-,39+/m1/s1. The fourth-order valence-electron chi connectivity index (χ4n) is 6.97. The van der Waals surface area contributed by atoms with Crippen molar-refractivity contribution in [2.24, 2.45) is 0 Å². The second-order valence-electron chi connectivity index (χ2n) is 14.0. The smallest absolute Gasteiger partial charge is 0.303 e. The molecule has 3 aliphatic rings. The van der Waals surface area contributed by atoms with Crippen LogP contribution in [0.5, 0.6) is 5.75 Å². The van der Waals surface area contributed by atoms with Gasteiger partial charge in [-0.1, -0.05) is 49.4 Å². The quantitative estimate of drug-likeness (QED) is 0.149. The highest BCUT2D eigenvalue weighted by Crippen LogP contribution is 2.41. The summed E-state index contributed by atoms with van der Waals surface area (Å²) in [6, 6.07) is 16.7. The van der Waals surface area contributed by atoms with Crippen molar-refractivity contribution in [2.45, 2.75) is 121 Å². The van der Waals surface area contributed by atoms with Crippen LogP contribution in [0.3, 0.4) is 0 Å². The van der Waals surface area contributed by atoms with E-state index in [1.807, 2.05) is 68.4 Å². The number of carbonyl (C=O) groups is 2. The van der Waals surface area contributed by atoms with Crippen LogP contribution < -0.4 is 10.1 Å². The molecule has 3 heterocycles. The number of carbonyl (C=O) groups excluding carboxylic acids is 2. The van der Waals surface area contributed by atoms with Crippen LogP contribution in [-0.2, 0) is 70.2 Å². The van der Waals surface area contributed by atoms with Gasteiger partial charge >= 0.3 is 5.97 Å². The van der Waals surface area contributed by atoms with Gasteiger partial charge in [-0.3, -0.25) is 9.59 Å². The highest BCUT2D eigenvalue weighted by atomic mass is 32.2. The van der Waals surface area contributed by atoms with Crippen molar-refractivity contribution in [2.75, 3.05) is 46.4 Å². The lowest BCUT2D eigenvalue weighted by molar-refractivity contribution is -0.277. The van der Waals surface area contributed by atoms with E-state index in [2.05, 4.69) is 12.2 Å². The van der Waals surface area contributed by atoms with Gasteiger partial charge < -0.3 is 57.4 Å². The van der Waals surface area contributed by atoms with E-state index in [9.17, 15) is 9.59 Å². The number of thioether (sulfide) groups is 1. The van der Waals surface area contributed by atoms with E-state index in [0.717, 1.165) is 22.6 Å². The first-order chi connectivity index (χ1) is 26.5. The normalized spacial score (nSPS) is 30.0. The number of rotatable bonds is 20. The maximum absolute atomic E-state index is 12.3. The van der Waals surface area contributed by atoms with Crippen molar-refractivity contribution in [1.29, 1.82) is 0 Å². The molecule has 15 heteroatoms. The minimum atomic E-state index is -0.888. The first-order valence-electron chi connectivity index (χ1n) is 18.8. The predicted octanol–water partition coefficient (Wildman–Crippen LogP) is 4.39. The second kappa shape index (κ2) is 21.1. The monoisotopic (exact) mass is 791 g/mol. The van der Waals surface area contributed by atoms with Crippen LogP contribution in [0.15, 0.2) is 54.6 Å². The van der Waals surface area contributed by atoms with Crippen molar-refractivity contribution < 1.29 is 61.7 Å². The molecule has 3 aliphatic heterocycles. The Balaban J connectivity index is 1.18. The maximum atomic E-state index is 12.3. The SMILES string of the molecule is CCS[C@@H]1O[C@H](COCCCO[C@@H]2[C@@H](NC(C)=O)[C@H](OC)O[C@H](COCc3ccccc3)[C@H]2OC(C)=O)[C@@H]2OC(C)(C)O[C@@H]2[C@H]1OCc1ccc(OC)cc1. The summed E-state index contributed by atoms with van der Waals surface area (Å²) in [6.07, 6.45) is -4.33. The number of hydrogen-bond donors (Lipinski definition) is 1. The Kier molecular flexibility index (Phi) is 16.6. The lowest BCUT2D eigenvalue weighted by atomic mass is 9.96. The highest BCUT2D eigenvalue weighted by molar-refractivity contribution is 7.99. The van der Waals surface area contributed by atoms with Crippen LogP contribution >= 0.6 is 11.8 Å². The Morgan fingerprint density at radius 2 is 1.51 bits per heavy atom. The summed E-state index contributed by atoms with van der Waals surface area (Å²) in [6.45, 7) is 10.2. The van der Waals surface area contributed by atoms with Gasteiger partial charge in [0.25, 0.3) is 0 Å². The molecule has 0 aliphatic carbocycles. The largest absolute Gasteiger partial charge is 0.497 e. The first kappa shape index (κ1) is 43.3. The molecule has 0 unspecified atom stereocenters. The molecule has 2 aromatic rings. The van der Waals surface area contributed by atoms with E-state index >= 15 is 0 Å². The molecule has 3 saturated heterocycles. The molecule has 3 fully saturated rings. The summed E-state index contributed by atoms with van der Waals surface area (Å²) >= 11 is 1.66. The molecule has 0 spiro atoms. The Morgan fingerprint density at radius 1 is 0.800 bits per heavy atom. The molecule has 1 N–H and O–H groups in total. The third-order valence-corrected chi connectivity index (χ3v) is 10.4. The molecule has 1 amide bonds. The molecule has 306 valence electrons. The van der Waals surface area contributed by atoms with Gasteiger partial charge in [-0.05, 0) is 49.3 Å². The van der Waals surface area contributed by atoms with E-state index in [1.54, 1.807) is 18.9 Å². The summed E-state index contributed by atoms with van der Waals surface area (Å²) < 4.78 is 67.3. The third kappa shape index (κ3) is 12.3. The number of fused-ring (bicyclic) bond motifs is 1. The molecular formula is C40H57NO13S. The Morgan fingerprint density at radius 3 is 2.18 bits per heavy atom. The zero-order chi connectivity index (χ0) is 39.4.